The van der Waals surface area contributed by atoms with Gasteiger partial charge < -0.3 is 4.90 Å². The molecule has 1 fully saturated rings. The van der Waals surface area contributed by atoms with E-state index in [0.29, 0.717) is 12.3 Å². The molecule has 19 heavy (non-hydrogen) atoms. The molecule has 1 aliphatic heterocycles. The Labute approximate surface area is 115 Å². The number of hydrogen-bond acceptors (Lipinski definition) is 4. The van der Waals surface area contributed by atoms with E-state index in [1.807, 2.05) is 0 Å². The van der Waals surface area contributed by atoms with Crippen molar-refractivity contribution in [1.29, 1.82) is 5.26 Å². The summed E-state index contributed by atoms with van der Waals surface area (Å²) in [6, 6.07) is 6.40. The Hall–Kier alpha value is -1.63. The molecule has 1 aliphatic rings. The standard InChI is InChI=1S/C15H22N4/c1-15(2,3)13-6-7-14(18-17-13)19-10-4-5-12(11-19)8-9-16/h6-7,12H,4-5,8,10-11H2,1-3H3. The quantitative estimate of drug-likeness (QED) is 0.818. The fourth-order valence-electron chi connectivity index (χ4n) is 2.46. The molecule has 0 aliphatic carbocycles. The molecule has 0 N–H and O–H groups in total. The van der Waals surface area contributed by atoms with Gasteiger partial charge in [0.2, 0.25) is 0 Å². The van der Waals surface area contributed by atoms with Crippen molar-refractivity contribution in [2.75, 3.05) is 18.0 Å². The predicted molar refractivity (Wildman–Crippen MR) is 75.9 cm³/mol. The first-order valence-corrected chi connectivity index (χ1v) is 6.97. The van der Waals surface area contributed by atoms with Crippen molar-refractivity contribution in [3.05, 3.63) is 17.8 Å². The van der Waals surface area contributed by atoms with E-state index in [4.69, 9.17) is 5.26 Å². The largest absolute Gasteiger partial charge is 0.355 e. The number of nitrogens with zero attached hydrogens (tertiary/aromatic N) is 4. The summed E-state index contributed by atoms with van der Waals surface area (Å²) < 4.78 is 0. The average Bonchev–Trinajstić information content (AvgIpc) is 2.39. The molecule has 1 aromatic rings. The van der Waals surface area contributed by atoms with E-state index in [0.717, 1.165) is 37.4 Å². The van der Waals surface area contributed by atoms with Crippen LogP contribution in [0, 0.1) is 17.2 Å². The second-order valence-electron chi connectivity index (χ2n) is 6.34. The molecule has 1 aromatic heterocycles. The monoisotopic (exact) mass is 258 g/mol. The van der Waals surface area contributed by atoms with Gasteiger partial charge in [-0.2, -0.15) is 10.4 Å². The highest BCUT2D eigenvalue weighted by atomic mass is 15.3. The second kappa shape index (κ2) is 5.56. The van der Waals surface area contributed by atoms with Crippen molar-refractivity contribution in [1.82, 2.24) is 10.2 Å². The van der Waals surface area contributed by atoms with Gasteiger partial charge in [-0.15, -0.1) is 5.10 Å². The van der Waals surface area contributed by atoms with Crippen molar-refractivity contribution in [2.45, 2.75) is 45.4 Å². The number of piperidine rings is 1. The van der Waals surface area contributed by atoms with Crippen molar-refractivity contribution in [3.8, 4) is 6.07 Å². The van der Waals surface area contributed by atoms with Crippen molar-refractivity contribution >= 4 is 5.82 Å². The van der Waals surface area contributed by atoms with Crippen LogP contribution in [-0.2, 0) is 5.41 Å². The minimum atomic E-state index is 0.0385. The van der Waals surface area contributed by atoms with Gasteiger partial charge in [-0.1, -0.05) is 20.8 Å². The minimum Gasteiger partial charge on any atom is -0.355 e. The molecule has 2 rings (SSSR count). The molecule has 1 atom stereocenters. The lowest BCUT2D eigenvalue weighted by Crippen LogP contribution is -2.36. The molecule has 4 heteroatoms. The van der Waals surface area contributed by atoms with Crippen LogP contribution in [0.3, 0.4) is 0 Å². The third-order valence-electron chi connectivity index (χ3n) is 3.64. The second-order valence-corrected chi connectivity index (χ2v) is 6.34. The van der Waals surface area contributed by atoms with E-state index in [9.17, 15) is 0 Å². The maximum Gasteiger partial charge on any atom is 0.151 e. The van der Waals surface area contributed by atoms with Crippen molar-refractivity contribution in [3.63, 3.8) is 0 Å². The maximum atomic E-state index is 8.80. The van der Waals surface area contributed by atoms with Crippen LogP contribution in [0.15, 0.2) is 12.1 Å². The van der Waals surface area contributed by atoms with Gasteiger partial charge in [0.05, 0.1) is 11.8 Å². The summed E-state index contributed by atoms with van der Waals surface area (Å²) in [7, 11) is 0. The summed E-state index contributed by atoms with van der Waals surface area (Å²) in [6.07, 6.45) is 2.93. The van der Waals surface area contributed by atoms with Crippen LogP contribution in [0.2, 0.25) is 0 Å². The Balaban J connectivity index is 2.08. The van der Waals surface area contributed by atoms with Gasteiger partial charge >= 0.3 is 0 Å². The number of rotatable bonds is 2. The van der Waals surface area contributed by atoms with Crippen LogP contribution in [0.4, 0.5) is 5.82 Å². The zero-order chi connectivity index (χ0) is 13.9. The van der Waals surface area contributed by atoms with Crippen LogP contribution in [0.5, 0.6) is 0 Å². The van der Waals surface area contributed by atoms with Gasteiger partial charge in [-0.05, 0) is 30.9 Å². The van der Waals surface area contributed by atoms with E-state index in [-0.39, 0.29) is 5.41 Å². The smallest absolute Gasteiger partial charge is 0.151 e. The summed E-state index contributed by atoms with van der Waals surface area (Å²) in [5.41, 5.74) is 1.05. The SMILES string of the molecule is CC(C)(C)c1ccc(N2CCCC(CC#N)C2)nn1. The molecule has 0 spiro atoms. The van der Waals surface area contributed by atoms with Gasteiger partial charge in [0, 0.05) is 24.9 Å². The molecule has 0 aromatic carbocycles. The van der Waals surface area contributed by atoms with E-state index >= 15 is 0 Å². The molecule has 0 bridgehead atoms. The molecule has 1 unspecified atom stereocenters. The van der Waals surface area contributed by atoms with E-state index in [2.05, 4.69) is 54.1 Å². The van der Waals surface area contributed by atoms with Crippen LogP contribution in [-0.4, -0.2) is 23.3 Å². The van der Waals surface area contributed by atoms with Crippen molar-refractivity contribution in [2.24, 2.45) is 5.92 Å². The summed E-state index contributed by atoms with van der Waals surface area (Å²) in [6.45, 7) is 8.37. The van der Waals surface area contributed by atoms with E-state index in [1.165, 1.54) is 0 Å². The minimum absolute atomic E-state index is 0.0385. The molecular weight excluding hydrogens is 236 g/mol. The number of anilines is 1. The van der Waals surface area contributed by atoms with Gasteiger partial charge in [-0.25, -0.2) is 0 Å². The number of aromatic nitrogens is 2. The van der Waals surface area contributed by atoms with E-state index in [1.54, 1.807) is 0 Å². The first kappa shape index (κ1) is 13.8. The Morgan fingerprint density at radius 2 is 2.16 bits per heavy atom. The van der Waals surface area contributed by atoms with Crippen LogP contribution in [0.1, 0.15) is 45.7 Å². The Morgan fingerprint density at radius 3 is 2.74 bits per heavy atom. The maximum absolute atomic E-state index is 8.80. The van der Waals surface area contributed by atoms with Gasteiger partial charge in [0.25, 0.3) is 0 Å². The lowest BCUT2D eigenvalue weighted by molar-refractivity contribution is 0.419. The topological polar surface area (TPSA) is 52.8 Å². The Bertz CT molecular complexity index is 453. The molecule has 0 saturated carbocycles. The fourth-order valence-corrected chi connectivity index (χ4v) is 2.46. The molecular formula is C15H22N4. The third-order valence-corrected chi connectivity index (χ3v) is 3.64. The first-order valence-electron chi connectivity index (χ1n) is 6.97. The fraction of sp³-hybridized carbons (Fsp3) is 0.667. The Kier molecular flexibility index (Phi) is 4.04. The number of hydrogen-bond donors (Lipinski definition) is 0. The summed E-state index contributed by atoms with van der Waals surface area (Å²) >= 11 is 0. The highest BCUT2D eigenvalue weighted by molar-refractivity contribution is 5.38. The molecule has 0 radical (unpaired) electrons. The summed E-state index contributed by atoms with van der Waals surface area (Å²) in [4.78, 5) is 2.25. The van der Waals surface area contributed by atoms with Crippen LogP contribution >= 0.6 is 0 Å². The lowest BCUT2D eigenvalue weighted by Gasteiger charge is -2.32. The third kappa shape index (κ3) is 3.44. The van der Waals surface area contributed by atoms with E-state index < -0.39 is 0 Å². The molecule has 102 valence electrons. The van der Waals surface area contributed by atoms with Crippen LogP contribution < -0.4 is 4.90 Å². The first-order chi connectivity index (χ1) is 9.00. The molecule has 1 saturated heterocycles. The normalized spacial score (nSPS) is 20.1. The zero-order valence-corrected chi connectivity index (χ0v) is 12.1. The summed E-state index contributed by atoms with van der Waals surface area (Å²) in [5.74, 6) is 1.42. The predicted octanol–water partition coefficient (Wildman–Crippen LogP) is 2.90. The van der Waals surface area contributed by atoms with Crippen LogP contribution in [0.25, 0.3) is 0 Å². The van der Waals surface area contributed by atoms with Gasteiger partial charge in [0.15, 0.2) is 5.82 Å². The molecule has 0 amide bonds. The lowest BCUT2D eigenvalue weighted by atomic mass is 9.92. The zero-order valence-electron chi connectivity index (χ0n) is 12.1. The highest BCUT2D eigenvalue weighted by Crippen LogP contribution is 2.25. The molecule has 2 heterocycles. The number of nitriles is 1. The van der Waals surface area contributed by atoms with Crippen molar-refractivity contribution < 1.29 is 0 Å². The highest BCUT2D eigenvalue weighted by Gasteiger charge is 2.22. The van der Waals surface area contributed by atoms with Gasteiger partial charge in [-0.3, -0.25) is 0 Å². The Morgan fingerprint density at radius 1 is 1.37 bits per heavy atom. The average molecular weight is 258 g/mol. The van der Waals surface area contributed by atoms with Gasteiger partial charge in [0.1, 0.15) is 0 Å². The molecule has 4 nitrogen and oxygen atoms in total. The summed E-state index contributed by atoms with van der Waals surface area (Å²) in [5, 5.41) is 17.5.